The average molecular weight is 284 g/mol. The zero-order chi connectivity index (χ0) is 15.0. The van der Waals surface area contributed by atoms with Crippen LogP contribution in [0.1, 0.15) is 56.2 Å². The van der Waals surface area contributed by atoms with E-state index in [2.05, 4.69) is 55.8 Å². The fourth-order valence-corrected chi connectivity index (χ4v) is 3.01. The highest BCUT2D eigenvalue weighted by Gasteiger charge is 2.32. The lowest BCUT2D eigenvalue weighted by Crippen LogP contribution is -2.28. The van der Waals surface area contributed by atoms with E-state index in [1.54, 1.807) is 0 Å². The number of fused-ring (bicyclic) bond motifs is 1. The van der Waals surface area contributed by atoms with Crippen molar-refractivity contribution >= 4 is 0 Å². The van der Waals surface area contributed by atoms with E-state index >= 15 is 0 Å². The van der Waals surface area contributed by atoms with Gasteiger partial charge in [-0.25, -0.2) is 9.67 Å². The summed E-state index contributed by atoms with van der Waals surface area (Å²) in [6, 6.07) is 10.7. The van der Waals surface area contributed by atoms with E-state index in [0.29, 0.717) is 18.4 Å². The molecule has 0 radical (unpaired) electrons. The number of nitrogens with two attached hydrogens (primary N) is 1. The normalized spacial score (nSPS) is 22.1. The van der Waals surface area contributed by atoms with E-state index in [-0.39, 0.29) is 5.41 Å². The summed E-state index contributed by atoms with van der Waals surface area (Å²) in [6.07, 6.45) is 1.06. The van der Waals surface area contributed by atoms with E-state index in [0.717, 1.165) is 24.6 Å². The number of aromatic nitrogens is 3. The third kappa shape index (κ3) is 2.72. The van der Waals surface area contributed by atoms with Crippen molar-refractivity contribution in [2.24, 2.45) is 5.73 Å². The zero-order valence-corrected chi connectivity index (χ0v) is 13.1. The molecule has 2 N–H and O–H groups in total. The molecule has 3 rings (SSSR count). The van der Waals surface area contributed by atoms with E-state index in [4.69, 9.17) is 15.8 Å². The molecular weight excluding hydrogens is 260 g/mol. The number of nitrogens with zero attached hydrogens (tertiary/aromatic N) is 3. The lowest BCUT2D eigenvalue weighted by Gasteiger charge is -2.28. The van der Waals surface area contributed by atoms with Crippen molar-refractivity contribution in [3.8, 4) is 0 Å². The minimum atomic E-state index is -0.0221. The molecule has 2 aromatic rings. The first-order valence-corrected chi connectivity index (χ1v) is 7.69. The van der Waals surface area contributed by atoms with Crippen molar-refractivity contribution in [3.63, 3.8) is 0 Å². The van der Waals surface area contributed by atoms with Gasteiger partial charge < -0.3 is 5.73 Å². The van der Waals surface area contributed by atoms with Crippen LogP contribution < -0.4 is 5.73 Å². The van der Waals surface area contributed by atoms with Gasteiger partial charge >= 0.3 is 0 Å². The quantitative estimate of drug-likeness (QED) is 0.922. The molecule has 0 saturated heterocycles. The van der Waals surface area contributed by atoms with Gasteiger partial charge in [0.15, 0.2) is 5.82 Å². The smallest absolute Gasteiger partial charge is 0.156 e. The summed E-state index contributed by atoms with van der Waals surface area (Å²) in [6.45, 7) is 7.99. The van der Waals surface area contributed by atoms with E-state index < -0.39 is 0 Å². The summed E-state index contributed by atoms with van der Waals surface area (Å²) in [5.41, 5.74) is 7.34. The molecule has 1 aliphatic rings. The summed E-state index contributed by atoms with van der Waals surface area (Å²) in [7, 11) is 0. The Kier molecular flexibility index (Phi) is 3.57. The predicted octanol–water partition coefficient (Wildman–Crippen LogP) is 2.81. The van der Waals surface area contributed by atoms with Gasteiger partial charge in [-0.15, -0.1) is 0 Å². The Morgan fingerprint density at radius 3 is 2.57 bits per heavy atom. The fraction of sp³-hybridized carbons (Fsp3) is 0.529. The highest BCUT2D eigenvalue weighted by atomic mass is 15.4. The minimum absolute atomic E-state index is 0.0221. The second-order valence-corrected chi connectivity index (χ2v) is 7.00. The molecule has 2 unspecified atom stereocenters. The van der Waals surface area contributed by atoms with Crippen molar-refractivity contribution in [1.29, 1.82) is 0 Å². The molecule has 4 heteroatoms. The SMILES string of the molecule is CC(C)(C)c1nc2n(n1)CC(c1ccccc1)CC2CN. The molecule has 0 fully saturated rings. The first-order valence-electron chi connectivity index (χ1n) is 7.69. The first kappa shape index (κ1) is 14.3. The molecule has 1 aliphatic heterocycles. The minimum Gasteiger partial charge on any atom is -0.330 e. The molecule has 0 spiro atoms. The summed E-state index contributed by atoms with van der Waals surface area (Å²) in [5.74, 6) is 2.76. The van der Waals surface area contributed by atoms with Gasteiger partial charge in [-0.1, -0.05) is 51.1 Å². The molecule has 112 valence electrons. The van der Waals surface area contributed by atoms with E-state index in [1.165, 1.54) is 5.56 Å². The van der Waals surface area contributed by atoms with Gasteiger partial charge in [0.2, 0.25) is 0 Å². The lowest BCUT2D eigenvalue weighted by atomic mass is 9.85. The number of hydrogen-bond donors (Lipinski definition) is 1. The summed E-state index contributed by atoms with van der Waals surface area (Å²) in [4.78, 5) is 4.77. The number of hydrogen-bond acceptors (Lipinski definition) is 3. The Hall–Kier alpha value is -1.68. The van der Waals surface area contributed by atoms with Gasteiger partial charge in [0, 0.05) is 30.3 Å². The Morgan fingerprint density at radius 1 is 1.24 bits per heavy atom. The van der Waals surface area contributed by atoms with Crippen LogP contribution in [-0.2, 0) is 12.0 Å². The zero-order valence-electron chi connectivity index (χ0n) is 13.1. The van der Waals surface area contributed by atoms with Crippen LogP contribution in [0.5, 0.6) is 0 Å². The average Bonchev–Trinajstić information content (AvgIpc) is 2.91. The van der Waals surface area contributed by atoms with Crippen LogP contribution in [0.3, 0.4) is 0 Å². The van der Waals surface area contributed by atoms with Crippen LogP contribution in [0.25, 0.3) is 0 Å². The summed E-state index contributed by atoms with van der Waals surface area (Å²) in [5, 5.41) is 4.75. The van der Waals surface area contributed by atoms with Gasteiger partial charge in [0.25, 0.3) is 0 Å². The van der Waals surface area contributed by atoms with Gasteiger partial charge in [0.1, 0.15) is 5.82 Å². The second kappa shape index (κ2) is 5.26. The second-order valence-electron chi connectivity index (χ2n) is 7.00. The topological polar surface area (TPSA) is 56.7 Å². The van der Waals surface area contributed by atoms with Crippen LogP contribution in [-0.4, -0.2) is 21.3 Å². The molecule has 1 aromatic carbocycles. The summed E-state index contributed by atoms with van der Waals surface area (Å²) < 4.78 is 2.08. The molecule has 1 aromatic heterocycles. The Morgan fingerprint density at radius 2 is 1.95 bits per heavy atom. The maximum atomic E-state index is 6.00. The third-order valence-electron chi connectivity index (χ3n) is 4.25. The summed E-state index contributed by atoms with van der Waals surface area (Å²) >= 11 is 0. The molecule has 2 heterocycles. The van der Waals surface area contributed by atoms with Gasteiger partial charge in [-0.2, -0.15) is 5.10 Å². The first-order chi connectivity index (χ1) is 9.99. The Balaban J connectivity index is 1.96. The number of rotatable bonds is 2. The lowest BCUT2D eigenvalue weighted by molar-refractivity contribution is 0.371. The molecule has 2 atom stereocenters. The predicted molar refractivity (Wildman–Crippen MR) is 84.3 cm³/mol. The molecule has 0 bridgehead atoms. The Bertz CT molecular complexity index is 609. The van der Waals surface area contributed by atoms with Crippen LogP contribution in [0.2, 0.25) is 0 Å². The van der Waals surface area contributed by atoms with Crippen LogP contribution >= 0.6 is 0 Å². The van der Waals surface area contributed by atoms with Crippen molar-refractivity contribution in [2.75, 3.05) is 6.54 Å². The largest absolute Gasteiger partial charge is 0.330 e. The van der Waals surface area contributed by atoms with Crippen molar-refractivity contribution in [3.05, 3.63) is 47.5 Å². The van der Waals surface area contributed by atoms with Crippen molar-refractivity contribution < 1.29 is 0 Å². The molecule has 21 heavy (non-hydrogen) atoms. The number of benzene rings is 1. The van der Waals surface area contributed by atoms with Crippen LogP contribution in [0, 0.1) is 0 Å². The molecule has 0 aliphatic carbocycles. The van der Waals surface area contributed by atoms with Crippen LogP contribution in [0.4, 0.5) is 0 Å². The van der Waals surface area contributed by atoms with Gasteiger partial charge in [-0.3, -0.25) is 0 Å². The van der Waals surface area contributed by atoms with Gasteiger partial charge in [-0.05, 0) is 12.0 Å². The maximum absolute atomic E-state index is 6.00. The fourth-order valence-electron chi connectivity index (χ4n) is 3.01. The Labute approximate surface area is 126 Å². The standard InChI is InChI=1S/C17H24N4/c1-17(2,3)16-19-15-13(10-18)9-14(11-21(15)20-16)12-7-5-4-6-8-12/h4-8,13-14H,9-11,18H2,1-3H3. The molecule has 0 saturated carbocycles. The highest BCUT2D eigenvalue weighted by molar-refractivity contribution is 5.22. The highest BCUT2D eigenvalue weighted by Crippen LogP contribution is 2.35. The molecule has 0 amide bonds. The van der Waals surface area contributed by atoms with E-state index in [9.17, 15) is 0 Å². The third-order valence-corrected chi connectivity index (χ3v) is 4.25. The maximum Gasteiger partial charge on any atom is 0.156 e. The van der Waals surface area contributed by atoms with Gasteiger partial charge in [0.05, 0.1) is 0 Å². The monoisotopic (exact) mass is 284 g/mol. The van der Waals surface area contributed by atoms with Crippen LogP contribution in [0.15, 0.2) is 30.3 Å². The van der Waals surface area contributed by atoms with E-state index in [1.807, 2.05) is 0 Å². The van der Waals surface area contributed by atoms with Crippen molar-refractivity contribution in [2.45, 2.75) is 51.0 Å². The molecule has 4 nitrogen and oxygen atoms in total. The van der Waals surface area contributed by atoms with Crippen molar-refractivity contribution in [1.82, 2.24) is 14.8 Å². The molecular formula is C17H24N4.